The molecule has 2 aromatic rings. The number of alkyl halides is 1. The molecule has 1 aliphatic carbocycles. The van der Waals surface area contributed by atoms with E-state index in [0.29, 0.717) is 24.0 Å². The number of carbonyl (C=O) groups excluding carboxylic acids is 1. The predicted molar refractivity (Wildman–Crippen MR) is 163 cm³/mol. The van der Waals surface area contributed by atoms with Crippen LogP contribution >= 0.6 is 11.6 Å². The number of carbonyl (C=O) groups is 1. The van der Waals surface area contributed by atoms with Gasteiger partial charge in [-0.15, -0.1) is 11.6 Å². The molecule has 39 heavy (non-hydrogen) atoms. The number of ether oxygens (including phenoxy) is 1. The van der Waals surface area contributed by atoms with Gasteiger partial charge in [-0.3, -0.25) is 4.79 Å². The molecular formula is C35H48ClNO2. The number of benzene rings is 2. The van der Waals surface area contributed by atoms with Crippen LogP contribution in [0.5, 0.6) is 5.75 Å². The third-order valence-corrected chi connectivity index (χ3v) is 8.77. The molecule has 1 unspecified atom stereocenters. The fourth-order valence-corrected chi connectivity index (χ4v) is 6.27. The Hall–Kier alpha value is -2.31. The van der Waals surface area contributed by atoms with Gasteiger partial charge in [0.2, 0.25) is 0 Å². The van der Waals surface area contributed by atoms with Gasteiger partial charge in [-0.25, -0.2) is 0 Å². The second-order valence-corrected chi connectivity index (χ2v) is 12.6. The van der Waals surface area contributed by atoms with E-state index in [-0.39, 0.29) is 5.41 Å². The summed E-state index contributed by atoms with van der Waals surface area (Å²) in [7, 11) is 0. The molecule has 0 aromatic heterocycles. The Morgan fingerprint density at radius 1 is 0.923 bits per heavy atom. The highest BCUT2D eigenvalue weighted by Gasteiger charge is 2.35. The van der Waals surface area contributed by atoms with Gasteiger partial charge < -0.3 is 4.74 Å². The van der Waals surface area contributed by atoms with E-state index in [2.05, 4.69) is 37.3 Å². The molecule has 1 saturated carbocycles. The van der Waals surface area contributed by atoms with Crippen molar-refractivity contribution in [2.24, 2.45) is 11.3 Å². The maximum atomic E-state index is 12.2. The molecule has 3 rings (SSSR count). The fourth-order valence-electron chi connectivity index (χ4n) is 5.87. The quantitative estimate of drug-likeness (QED) is 0.0960. The van der Waals surface area contributed by atoms with E-state index in [1.165, 1.54) is 56.9 Å². The second kappa shape index (κ2) is 16.1. The lowest BCUT2D eigenvalue weighted by Crippen LogP contribution is -2.25. The molecule has 4 heteroatoms. The number of nitrogens with zero attached hydrogens (tertiary/aromatic N) is 1. The van der Waals surface area contributed by atoms with Crippen LogP contribution < -0.4 is 4.74 Å². The molecule has 0 aliphatic heterocycles. The smallest absolute Gasteiger partial charge is 0.329 e. The summed E-state index contributed by atoms with van der Waals surface area (Å²) in [5, 5.41) is 9.38. The summed E-state index contributed by atoms with van der Waals surface area (Å²) in [4.78, 5) is 12.2. The van der Waals surface area contributed by atoms with E-state index in [1.54, 1.807) is 0 Å². The fraction of sp³-hybridized carbons (Fsp3) is 0.600. The van der Waals surface area contributed by atoms with Gasteiger partial charge in [-0.05, 0) is 79.2 Å². The number of nitriles is 1. The molecule has 0 N–H and O–H groups in total. The maximum absolute atomic E-state index is 12.2. The Balaban J connectivity index is 1.46. The van der Waals surface area contributed by atoms with Crippen LogP contribution in [0.2, 0.25) is 0 Å². The molecular weight excluding hydrogens is 502 g/mol. The highest BCUT2D eigenvalue weighted by Crippen LogP contribution is 2.46. The molecule has 1 atom stereocenters. The topological polar surface area (TPSA) is 50.1 Å². The third kappa shape index (κ3) is 9.99. The Morgan fingerprint density at radius 3 is 2.00 bits per heavy atom. The lowest BCUT2D eigenvalue weighted by molar-refractivity contribution is -0.134. The van der Waals surface area contributed by atoms with E-state index < -0.39 is 11.3 Å². The maximum Gasteiger partial charge on any atom is 0.329 e. The highest BCUT2D eigenvalue weighted by atomic mass is 35.5. The highest BCUT2D eigenvalue weighted by molar-refractivity contribution is 6.30. The molecule has 212 valence electrons. The van der Waals surface area contributed by atoms with Crippen LogP contribution in [0.3, 0.4) is 0 Å². The van der Waals surface area contributed by atoms with Crippen LogP contribution in [0.1, 0.15) is 122 Å². The van der Waals surface area contributed by atoms with Crippen molar-refractivity contribution in [3.8, 4) is 22.9 Å². The Labute approximate surface area is 242 Å². The van der Waals surface area contributed by atoms with Crippen molar-refractivity contribution >= 4 is 17.6 Å². The minimum absolute atomic E-state index is 0.109. The summed E-state index contributed by atoms with van der Waals surface area (Å²) in [6.07, 6.45) is 16.5. The van der Waals surface area contributed by atoms with Gasteiger partial charge in [-0.1, -0.05) is 109 Å². The lowest BCUT2D eigenvalue weighted by atomic mass is 9.67. The number of unbranched alkanes of at least 4 members (excludes halogenated alkanes) is 7. The zero-order chi connectivity index (χ0) is 28.1. The van der Waals surface area contributed by atoms with Crippen LogP contribution in [-0.4, -0.2) is 11.3 Å². The summed E-state index contributed by atoms with van der Waals surface area (Å²) < 4.78 is 5.45. The predicted octanol–water partition coefficient (Wildman–Crippen LogP) is 10.6. The average Bonchev–Trinajstić information content (AvgIpc) is 2.95. The van der Waals surface area contributed by atoms with Gasteiger partial charge in [0.15, 0.2) is 0 Å². The van der Waals surface area contributed by atoms with Gasteiger partial charge >= 0.3 is 5.97 Å². The minimum atomic E-state index is -0.625. The van der Waals surface area contributed by atoms with Crippen LogP contribution in [0, 0.1) is 22.7 Å². The van der Waals surface area contributed by atoms with Gasteiger partial charge in [0.1, 0.15) is 11.1 Å². The SMILES string of the molecule is CCCCCCCCCCC1(C#N)CCC(c2ccc(-c3ccc(OC(=O)C(Cl)CC(C)C)cc3)cc2)CC1. The molecule has 0 spiro atoms. The zero-order valence-corrected chi connectivity index (χ0v) is 25.1. The molecule has 0 saturated heterocycles. The Kier molecular flexibility index (Phi) is 12.9. The first kappa shape index (κ1) is 31.2. The van der Waals surface area contributed by atoms with Crippen molar-refractivity contribution in [2.75, 3.05) is 0 Å². The minimum Gasteiger partial charge on any atom is -0.425 e. The van der Waals surface area contributed by atoms with E-state index >= 15 is 0 Å². The Morgan fingerprint density at radius 2 is 1.46 bits per heavy atom. The number of hydrogen-bond donors (Lipinski definition) is 0. The first-order valence-corrected chi connectivity index (χ1v) is 15.8. The summed E-state index contributed by atoms with van der Waals surface area (Å²) >= 11 is 6.17. The van der Waals surface area contributed by atoms with E-state index in [4.69, 9.17) is 16.3 Å². The Bertz CT molecular complexity index is 1030. The van der Waals surface area contributed by atoms with Crippen molar-refractivity contribution < 1.29 is 9.53 Å². The molecule has 2 aromatic carbocycles. The largest absolute Gasteiger partial charge is 0.425 e. The number of halogens is 1. The summed E-state index contributed by atoms with van der Waals surface area (Å²) in [5.74, 6) is 1.00. The number of esters is 1. The summed E-state index contributed by atoms with van der Waals surface area (Å²) in [5.41, 5.74) is 3.50. The van der Waals surface area contributed by atoms with Crippen molar-refractivity contribution in [2.45, 2.75) is 122 Å². The van der Waals surface area contributed by atoms with Crippen LogP contribution in [0.15, 0.2) is 48.5 Å². The number of rotatable bonds is 15. The number of hydrogen-bond acceptors (Lipinski definition) is 3. The zero-order valence-electron chi connectivity index (χ0n) is 24.4. The van der Waals surface area contributed by atoms with Crippen molar-refractivity contribution in [1.82, 2.24) is 0 Å². The van der Waals surface area contributed by atoms with Gasteiger partial charge in [0, 0.05) is 0 Å². The monoisotopic (exact) mass is 549 g/mol. The molecule has 1 fully saturated rings. The average molecular weight is 550 g/mol. The third-order valence-electron chi connectivity index (χ3n) is 8.41. The lowest BCUT2D eigenvalue weighted by Gasteiger charge is -2.35. The molecule has 3 nitrogen and oxygen atoms in total. The van der Waals surface area contributed by atoms with Crippen molar-refractivity contribution in [3.63, 3.8) is 0 Å². The van der Waals surface area contributed by atoms with Crippen LogP contribution in [-0.2, 0) is 4.79 Å². The van der Waals surface area contributed by atoms with Gasteiger partial charge in [-0.2, -0.15) is 5.26 Å². The van der Waals surface area contributed by atoms with Crippen LogP contribution in [0.4, 0.5) is 0 Å². The van der Waals surface area contributed by atoms with E-state index in [9.17, 15) is 10.1 Å². The molecule has 0 bridgehead atoms. The molecule has 0 heterocycles. The normalized spacial score (nSPS) is 19.9. The molecule has 1 aliphatic rings. The van der Waals surface area contributed by atoms with E-state index in [1.807, 2.05) is 38.1 Å². The first-order chi connectivity index (χ1) is 18.9. The first-order valence-electron chi connectivity index (χ1n) is 15.3. The van der Waals surface area contributed by atoms with Crippen molar-refractivity contribution in [1.29, 1.82) is 5.26 Å². The molecule has 0 radical (unpaired) electrons. The van der Waals surface area contributed by atoms with E-state index in [0.717, 1.165) is 43.2 Å². The van der Waals surface area contributed by atoms with Crippen molar-refractivity contribution in [3.05, 3.63) is 54.1 Å². The van der Waals surface area contributed by atoms with Crippen LogP contribution in [0.25, 0.3) is 11.1 Å². The second-order valence-electron chi connectivity index (χ2n) is 12.1. The molecule has 0 amide bonds. The standard InChI is InChI=1S/C35H48ClNO2/c1-4-5-6-7-8-9-10-11-22-35(26-37)23-20-31(21-24-35)29-14-12-28(13-15-29)30-16-18-32(19-17-30)39-34(38)33(36)25-27(2)3/h12-19,27,31,33H,4-11,20-25H2,1-3H3. The van der Waals surface area contributed by atoms with Gasteiger partial charge in [0.05, 0.1) is 11.5 Å². The summed E-state index contributed by atoms with van der Waals surface area (Å²) in [6, 6.07) is 19.2. The summed E-state index contributed by atoms with van der Waals surface area (Å²) in [6.45, 7) is 6.34. The van der Waals surface area contributed by atoms with Gasteiger partial charge in [0.25, 0.3) is 0 Å².